The van der Waals surface area contributed by atoms with Crippen molar-refractivity contribution in [2.45, 2.75) is 32.9 Å². The number of carbonyl (C=O) groups excluding carboxylic acids is 1. The zero-order valence-corrected chi connectivity index (χ0v) is 15.4. The number of hydrogen-bond acceptors (Lipinski definition) is 3. The highest BCUT2D eigenvalue weighted by molar-refractivity contribution is 7.10. The first-order valence-electron chi connectivity index (χ1n) is 8.23. The highest BCUT2D eigenvalue weighted by atomic mass is 32.1. The average molecular weight is 346 g/mol. The van der Waals surface area contributed by atoms with E-state index in [2.05, 4.69) is 36.5 Å². The largest absolute Gasteiger partial charge is 0.385 e. The predicted octanol–water partition coefficient (Wildman–Crippen LogP) is 4.37. The Balaban J connectivity index is 2.00. The minimum absolute atomic E-state index is 0.0143. The third kappa shape index (κ3) is 5.65. The van der Waals surface area contributed by atoms with Gasteiger partial charge in [-0.3, -0.25) is 0 Å². The zero-order valence-electron chi connectivity index (χ0n) is 14.6. The van der Waals surface area contributed by atoms with Gasteiger partial charge in [0.1, 0.15) is 0 Å². The molecular weight excluding hydrogens is 320 g/mol. The van der Waals surface area contributed by atoms with Gasteiger partial charge in [0.15, 0.2) is 0 Å². The average Bonchev–Trinajstić information content (AvgIpc) is 3.10. The molecule has 2 amide bonds. The summed E-state index contributed by atoms with van der Waals surface area (Å²) in [5, 5.41) is 5.13. The van der Waals surface area contributed by atoms with Gasteiger partial charge in [-0.05, 0) is 37.3 Å². The monoisotopic (exact) mass is 346 g/mol. The van der Waals surface area contributed by atoms with Crippen LogP contribution in [0.4, 0.5) is 4.79 Å². The number of nitrogens with one attached hydrogen (secondary N) is 1. The first-order valence-corrected chi connectivity index (χ1v) is 9.11. The number of carbonyl (C=O) groups is 1. The van der Waals surface area contributed by atoms with Crippen LogP contribution < -0.4 is 5.32 Å². The van der Waals surface area contributed by atoms with E-state index < -0.39 is 0 Å². The van der Waals surface area contributed by atoms with E-state index in [1.807, 2.05) is 29.3 Å². The number of hydrogen-bond donors (Lipinski definition) is 1. The molecule has 0 saturated heterocycles. The number of amides is 2. The number of aryl methyl sites for hydroxylation is 1. The summed E-state index contributed by atoms with van der Waals surface area (Å²) in [6, 6.07) is 12.3. The molecule has 1 unspecified atom stereocenters. The van der Waals surface area contributed by atoms with Gasteiger partial charge in [0.05, 0.1) is 6.04 Å². The minimum Gasteiger partial charge on any atom is -0.385 e. The van der Waals surface area contributed by atoms with Gasteiger partial charge >= 0.3 is 6.03 Å². The van der Waals surface area contributed by atoms with Crippen LogP contribution in [0.5, 0.6) is 0 Å². The van der Waals surface area contributed by atoms with Crippen LogP contribution in [-0.2, 0) is 11.3 Å². The molecule has 2 aromatic rings. The number of methoxy groups -OCH3 is 1. The van der Waals surface area contributed by atoms with Gasteiger partial charge in [-0.15, -0.1) is 11.3 Å². The Labute approximate surface area is 148 Å². The smallest absolute Gasteiger partial charge is 0.318 e. The summed E-state index contributed by atoms with van der Waals surface area (Å²) in [5.74, 6) is 0. The lowest BCUT2D eigenvalue weighted by Crippen LogP contribution is -2.41. The number of ether oxygens (including phenoxy) is 1. The van der Waals surface area contributed by atoms with Gasteiger partial charge < -0.3 is 15.0 Å². The van der Waals surface area contributed by atoms with Crippen molar-refractivity contribution >= 4 is 17.4 Å². The Bertz CT molecular complexity index is 611. The maximum Gasteiger partial charge on any atom is 0.318 e. The standard InChI is InChI=1S/C19H26N2O2S/c1-15-7-9-17(10-8-15)14-21(11-5-12-23-3)19(22)20-16(2)18-6-4-13-24-18/h4,6-10,13,16H,5,11-12,14H2,1-3H3,(H,20,22). The molecule has 0 aliphatic carbocycles. The highest BCUT2D eigenvalue weighted by Crippen LogP contribution is 2.18. The topological polar surface area (TPSA) is 41.6 Å². The Morgan fingerprint density at radius 2 is 2.04 bits per heavy atom. The van der Waals surface area contributed by atoms with Crippen molar-refractivity contribution in [2.24, 2.45) is 0 Å². The maximum atomic E-state index is 12.7. The van der Waals surface area contributed by atoms with E-state index in [4.69, 9.17) is 4.74 Å². The van der Waals surface area contributed by atoms with Crippen LogP contribution in [0.2, 0.25) is 0 Å². The van der Waals surface area contributed by atoms with Gasteiger partial charge in [-0.25, -0.2) is 4.79 Å². The second-order valence-corrected chi connectivity index (χ2v) is 6.92. The number of benzene rings is 1. The lowest BCUT2D eigenvalue weighted by atomic mass is 10.1. The molecule has 1 atom stereocenters. The minimum atomic E-state index is -0.0346. The normalized spacial score (nSPS) is 12.0. The molecule has 5 heteroatoms. The second kappa shape index (κ2) is 9.45. The molecule has 0 fully saturated rings. The van der Waals surface area contributed by atoms with Crippen LogP contribution in [0.15, 0.2) is 41.8 Å². The van der Waals surface area contributed by atoms with Crippen molar-refractivity contribution in [3.8, 4) is 0 Å². The summed E-state index contributed by atoms with van der Waals surface area (Å²) in [5.41, 5.74) is 2.36. The molecule has 1 aromatic heterocycles. The van der Waals surface area contributed by atoms with Crippen molar-refractivity contribution < 1.29 is 9.53 Å². The Morgan fingerprint density at radius 3 is 2.67 bits per heavy atom. The SMILES string of the molecule is COCCCN(Cc1ccc(C)cc1)C(=O)NC(C)c1cccs1. The van der Waals surface area contributed by atoms with E-state index in [1.54, 1.807) is 18.4 Å². The van der Waals surface area contributed by atoms with Crippen molar-refractivity contribution in [1.82, 2.24) is 10.2 Å². The summed E-state index contributed by atoms with van der Waals surface area (Å²) < 4.78 is 5.12. The summed E-state index contributed by atoms with van der Waals surface area (Å²) >= 11 is 1.66. The predicted molar refractivity (Wildman–Crippen MR) is 99.3 cm³/mol. The molecule has 0 saturated carbocycles. The molecule has 0 bridgehead atoms. The van der Waals surface area contributed by atoms with Crippen LogP contribution in [0.25, 0.3) is 0 Å². The van der Waals surface area contributed by atoms with E-state index in [0.29, 0.717) is 19.7 Å². The van der Waals surface area contributed by atoms with E-state index in [-0.39, 0.29) is 12.1 Å². The molecule has 1 N–H and O–H groups in total. The van der Waals surface area contributed by atoms with Gasteiger partial charge in [-0.1, -0.05) is 35.9 Å². The highest BCUT2D eigenvalue weighted by Gasteiger charge is 2.17. The van der Waals surface area contributed by atoms with Crippen LogP contribution in [0, 0.1) is 6.92 Å². The van der Waals surface area contributed by atoms with Gasteiger partial charge in [0.2, 0.25) is 0 Å². The first kappa shape index (κ1) is 18.5. The zero-order chi connectivity index (χ0) is 17.4. The molecule has 1 aromatic carbocycles. The number of rotatable bonds is 8. The molecule has 24 heavy (non-hydrogen) atoms. The third-order valence-corrected chi connectivity index (χ3v) is 4.92. The number of urea groups is 1. The molecular formula is C19H26N2O2S. The number of thiophene rings is 1. The molecule has 130 valence electrons. The lowest BCUT2D eigenvalue weighted by molar-refractivity contribution is 0.164. The van der Waals surface area contributed by atoms with Gasteiger partial charge in [0, 0.05) is 31.7 Å². The summed E-state index contributed by atoms with van der Waals surface area (Å²) in [4.78, 5) is 15.7. The molecule has 0 spiro atoms. The molecule has 4 nitrogen and oxygen atoms in total. The molecule has 0 aliphatic heterocycles. The van der Waals surface area contributed by atoms with Gasteiger partial charge in [0.25, 0.3) is 0 Å². The quantitative estimate of drug-likeness (QED) is 0.721. The van der Waals surface area contributed by atoms with Crippen LogP contribution in [-0.4, -0.2) is 31.2 Å². The third-order valence-electron chi connectivity index (χ3n) is 3.87. The first-order chi connectivity index (χ1) is 11.6. The Kier molecular flexibility index (Phi) is 7.28. The molecule has 0 radical (unpaired) electrons. The van der Waals surface area contributed by atoms with Crippen LogP contribution >= 0.6 is 11.3 Å². The van der Waals surface area contributed by atoms with Crippen molar-refractivity contribution in [3.63, 3.8) is 0 Å². The second-order valence-electron chi connectivity index (χ2n) is 5.94. The van der Waals surface area contributed by atoms with Crippen molar-refractivity contribution in [2.75, 3.05) is 20.3 Å². The maximum absolute atomic E-state index is 12.7. The van der Waals surface area contributed by atoms with Crippen LogP contribution in [0.1, 0.15) is 35.4 Å². The number of nitrogens with zero attached hydrogens (tertiary/aromatic N) is 1. The fourth-order valence-electron chi connectivity index (χ4n) is 2.45. The lowest BCUT2D eigenvalue weighted by Gasteiger charge is -2.25. The van der Waals surface area contributed by atoms with E-state index in [0.717, 1.165) is 16.9 Å². The van der Waals surface area contributed by atoms with Crippen molar-refractivity contribution in [3.05, 3.63) is 57.8 Å². The summed E-state index contributed by atoms with van der Waals surface area (Å²) in [7, 11) is 1.68. The summed E-state index contributed by atoms with van der Waals surface area (Å²) in [6.45, 7) is 6.01. The molecule has 1 heterocycles. The van der Waals surface area contributed by atoms with E-state index in [9.17, 15) is 4.79 Å². The fourth-order valence-corrected chi connectivity index (χ4v) is 3.19. The van der Waals surface area contributed by atoms with Crippen LogP contribution in [0.3, 0.4) is 0 Å². The van der Waals surface area contributed by atoms with Crippen molar-refractivity contribution in [1.29, 1.82) is 0 Å². The van der Waals surface area contributed by atoms with E-state index >= 15 is 0 Å². The molecule has 2 rings (SSSR count). The van der Waals surface area contributed by atoms with Gasteiger partial charge in [-0.2, -0.15) is 0 Å². The fraction of sp³-hybridized carbons (Fsp3) is 0.421. The molecule has 0 aliphatic rings. The van der Waals surface area contributed by atoms with E-state index in [1.165, 1.54) is 5.56 Å². The Morgan fingerprint density at radius 1 is 1.29 bits per heavy atom. The Hall–Kier alpha value is -1.85. The summed E-state index contributed by atoms with van der Waals surface area (Å²) in [6.07, 6.45) is 0.823.